The van der Waals surface area contributed by atoms with Crippen LogP contribution in [0, 0.1) is 0 Å². The van der Waals surface area contributed by atoms with Gasteiger partial charge in [-0.3, -0.25) is 0 Å². The van der Waals surface area contributed by atoms with E-state index in [0.29, 0.717) is 11.1 Å². The first-order chi connectivity index (χ1) is 8.61. The Morgan fingerprint density at radius 2 is 1.56 bits per heavy atom. The van der Waals surface area contributed by atoms with Crippen LogP contribution in [0.5, 0.6) is 0 Å². The van der Waals surface area contributed by atoms with Gasteiger partial charge in [-0.05, 0) is 17.7 Å². The number of pyridine rings is 1. The molecule has 0 radical (unpaired) electrons. The zero-order valence-corrected chi connectivity index (χ0v) is 9.20. The number of hydrogen-bond donors (Lipinski definition) is 2. The third-order valence-corrected chi connectivity index (χ3v) is 2.46. The largest absolute Gasteiger partial charge is 0.478 e. The Morgan fingerprint density at radius 1 is 0.889 bits per heavy atom. The minimum atomic E-state index is -1.19. The summed E-state index contributed by atoms with van der Waals surface area (Å²) in [4.78, 5) is 25.9. The molecule has 18 heavy (non-hydrogen) atoms. The van der Waals surface area contributed by atoms with Crippen molar-refractivity contribution in [2.45, 2.75) is 0 Å². The lowest BCUT2D eigenvalue weighted by Crippen LogP contribution is -2.05. The molecular weight excluding hydrogens is 234 g/mol. The summed E-state index contributed by atoms with van der Waals surface area (Å²) < 4.78 is 0. The third-order valence-electron chi connectivity index (χ3n) is 2.46. The van der Waals surface area contributed by atoms with Gasteiger partial charge in [0, 0.05) is 11.8 Å². The minimum Gasteiger partial charge on any atom is -0.478 e. The topological polar surface area (TPSA) is 87.5 Å². The Labute approximate surface area is 102 Å². The van der Waals surface area contributed by atoms with Gasteiger partial charge in [-0.25, -0.2) is 14.6 Å². The summed E-state index contributed by atoms with van der Waals surface area (Å²) in [5.41, 5.74) is 0.526. The van der Waals surface area contributed by atoms with Crippen molar-refractivity contribution in [3.8, 4) is 11.1 Å². The molecule has 0 bridgehead atoms. The van der Waals surface area contributed by atoms with Crippen LogP contribution in [0.4, 0.5) is 0 Å². The summed E-state index contributed by atoms with van der Waals surface area (Å²) in [5.74, 6) is -2.29. The number of carbonyl (C=O) groups is 2. The highest BCUT2D eigenvalue weighted by atomic mass is 16.4. The van der Waals surface area contributed by atoms with E-state index in [2.05, 4.69) is 4.98 Å². The fraction of sp³-hybridized carbons (Fsp3) is 0. The number of carboxylic acid groups (broad SMARTS) is 2. The normalized spacial score (nSPS) is 10.0. The van der Waals surface area contributed by atoms with Crippen LogP contribution in [0.3, 0.4) is 0 Å². The Balaban J connectivity index is 2.70. The van der Waals surface area contributed by atoms with Gasteiger partial charge in [-0.1, -0.05) is 24.3 Å². The minimum absolute atomic E-state index is 0.0491. The monoisotopic (exact) mass is 243 g/mol. The zero-order chi connectivity index (χ0) is 13.1. The summed E-state index contributed by atoms with van der Waals surface area (Å²) in [7, 11) is 0. The first-order valence-corrected chi connectivity index (χ1v) is 5.12. The Bertz CT molecular complexity index is 566. The molecule has 2 aromatic rings. The van der Waals surface area contributed by atoms with Crippen LogP contribution >= 0.6 is 0 Å². The van der Waals surface area contributed by atoms with Gasteiger partial charge in [-0.2, -0.15) is 0 Å². The first-order valence-electron chi connectivity index (χ1n) is 5.12. The number of rotatable bonds is 3. The molecule has 0 unspecified atom stereocenters. The van der Waals surface area contributed by atoms with Crippen molar-refractivity contribution in [2.75, 3.05) is 0 Å². The van der Waals surface area contributed by atoms with Crippen LogP contribution in [-0.2, 0) is 0 Å². The van der Waals surface area contributed by atoms with Crippen molar-refractivity contribution in [2.24, 2.45) is 0 Å². The highest BCUT2D eigenvalue weighted by molar-refractivity contribution is 6.00. The van der Waals surface area contributed by atoms with E-state index in [9.17, 15) is 9.59 Å². The Morgan fingerprint density at radius 3 is 2.22 bits per heavy atom. The average molecular weight is 243 g/mol. The summed E-state index contributed by atoms with van der Waals surface area (Å²) in [6.07, 6.45) is 1.36. The van der Waals surface area contributed by atoms with Crippen molar-refractivity contribution in [1.29, 1.82) is 0 Å². The predicted molar refractivity (Wildman–Crippen MR) is 63.6 cm³/mol. The maximum Gasteiger partial charge on any atom is 0.355 e. The van der Waals surface area contributed by atoms with E-state index in [1.54, 1.807) is 24.3 Å². The van der Waals surface area contributed by atoms with Crippen LogP contribution in [0.15, 0.2) is 42.6 Å². The second-order valence-electron chi connectivity index (χ2n) is 3.56. The van der Waals surface area contributed by atoms with Crippen LogP contribution in [0.2, 0.25) is 0 Å². The third kappa shape index (κ3) is 2.06. The van der Waals surface area contributed by atoms with Gasteiger partial charge in [-0.15, -0.1) is 0 Å². The van der Waals surface area contributed by atoms with Gasteiger partial charge in [0.25, 0.3) is 0 Å². The molecule has 1 aromatic heterocycles. The van der Waals surface area contributed by atoms with Crippen molar-refractivity contribution >= 4 is 11.9 Å². The van der Waals surface area contributed by atoms with Crippen LogP contribution in [0.25, 0.3) is 11.1 Å². The van der Waals surface area contributed by atoms with E-state index >= 15 is 0 Å². The molecule has 0 saturated heterocycles. The van der Waals surface area contributed by atoms with Crippen LogP contribution in [-0.4, -0.2) is 27.1 Å². The lowest BCUT2D eigenvalue weighted by Gasteiger charge is -2.08. The first kappa shape index (κ1) is 11.8. The lowest BCUT2D eigenvalue weighted by atomic mass is 9.98. The van der Waals surface area contributed by atoms with Crippen molar-refractivity contribution < 1.29 is 19.8 Å². The van der Waals surface area contributed by atoms with E-state index in [-0.39, 0.29) is 11.3 Å². The molecule has 0 saturated carbocycles. The molecule has 0 atom stereocenters. The second-order valence-corrected chi connectivity index (χ2v) is 3.56. The summed E-state index contributed by atoms with van der Waals surface area (Å²) in [5, 5.41) is 18.1. The molecule has 1 aromatic carbocycles. The number of nitrogens with zero attached hydrogens (tertiary/aromatic N) is 1. The molecular formula is C13H9NO4. The number of hydrogen-bond acceptors (Lipinski definition) is 3. The molecule has 0 aliphatic heterocycles. The Kier molecular flexibility index (Phi) is 3.05. The van der Waals surface area contributed by atoms with Gasteiger partial charge in [0.05, 0.1) is 5.56 Å². The second kappa shape index (κ2) is 4.67. The Hall–Kier alpha value is -2.69. The summed E-state index contributed by atoms with van der Waals surface area (Å²) >= 11 is 0. The van der Waals surface area contributed by atoms with Crippen molar-refractivity contribution in [1.82, 2.24) is 4.98 Å². The molecule has 1 heterocycles. The fourth-order valence-corrected chi connectivity index (χ4v) is 1.70. The molecule has 0 amide bonds. The van der Waals surface area contributed by atoms with Crippen LogP contribution in [0.1, 0.15) is 20.8 Å². The van der Waals surface area contributed by atoms with Gasteiger partial charge in [0.15, 0.2) is 5.69 Å². The van der Waals surface area contributed by atoms with Gasteiger partial charge in [0.1, 0.15) is 0 Å². The van der Waals surface area contributed by atoms with Gasteiger partial charge < -0.3 is 10.2 Å². The number of aromatic nitrogens is 1. The van der Waals surface area contributed by atoms with Crippen LogP contribution < -0.4 is 0 Å². The van der Waals surface area contributed by atoms with E-state index in [1.807, 2.05) is 0 Å². The van der Waals surface area contributed by atoms with E-state index in [0.717, 1.165) is 0 Å². The highest BCUT2D eigenvalue weighted by Gasteiger charge is 2.17. The van der Waals surface area contributed by atoms with E-state index < -0.39 is 11.9 Å². The lowest BCUT2D eigenvalue weighted by molar-refractivity contribution is 0.0681. The maximum atomic E-state index is 11.1. The van der Waals surface area contributed by atoms with E-state index in [4.69, 9.17) is 10.2 Å². The summed E-state index contributed by atoms with van der Waals surface area (Å²) in [6, 6.07) is 9.34. The smallest absolute Gasteiger partial charge is 0.355 e. The fourth-order valence-electron chi connectivity index (χ4n) is 1.70. The quantitative estimate of drug-likeness (QED) is 0.862. The van der Waals surface area contributed by atoms with Gasteiger partial charge >= 0.3 is 11.9 Å². The molecule has 0 fully saturated rings. The molecule has 2 rings (SSSR count). The van der Waals surface area contributed by atoms with E-state index in [1.165, 1.54) is 18.3 Å². The molecule has 90 valence electrons. The zero-order valence-electron chi connectivity index (χ0n) is 9.20. The highest BCUT2D eigenvalue weighted by Crippen LogP contribution is 2.26. The molecule has 5 heteroatoms. The SMILES string of the molecule is O=C(O)c1ccccc1-c1cccnc1C(=O)O. The predicted octanol–water partition coefficient (Wildman–Crippen LogP) is 2.14. The molecule has 5 nitrogen and oxygen atoms in total. The average Bonchev–Trinajstić information content (AvgIpc) is 2.38. The van der Waals surface area contributed by atoms with Crippen molar-refractivity contribution in [3.05, 3.63) is 53.9 Å². The summed E-state index contributed by atoms with van der Waals surface area (Å²) in [6.45, 7) is 0. The van der Waals surface area contributed by atoms with Crippen molar-refractivity contribution in [3.63, 3.8) is 0 Å². The molecule has 0 aliphatic rings. The molecule has 0 aliphatic carbocycles. The number of carboxylic acids is 2. The van der Waals surface area contributed by atoms with Gasteiger partial charge in [0.2, 0.25) is 0 Å². The standard InChI is InChI=1S/C13H9NO4/c15-12(16)10-5-2-1-4-8(10)9-6-3-7-14-11(9)13(17)18/h1-7H,(H,15,16)(H,17,18). The molecule has 0 spiro atoms. The number of benzene rings is 1. The number of aromatic carboxylic acids is 2. The maximum absolute atomic E-state index is 11.1. The molecule has 2 N–H and O–H groups in total.